The Hall–Kier alpha value is -1.04. The van der Waals surface area contributed by atoms with Crippen LogP contribution in [0.3, 0.4) is 0 Å². The van der Waals surface area contributed by atoms with E-state index < -0.39 is 24.0 Å². The second-order valence-corrected chi connectivity index (χ2v) is 12.3. The molecule has 0 aromatic heterocycles. The molecule has 0 bridgehead atoms. The van der Waals surface area contributed by atoms with Gasteiger partial charge in [0.2, 0.25) is 5.92 Å². The largest absolute Gasteiger partial charge is 0.392 e. The molecule has 3 saturated carbocycles. The summed E-state index contributed by atoms with van der Waals surface area (Å²) in [5.41, 5.74) is 3.47. The van der Waals surface area contributed by atoms with Crippen LogP contribution in [-0.4, -0.2) is 52.9 Å². The number of likely N-dealkylation sites (tertiary alicyclic amines) is 1. The van der Waals surface area contributed by atoms with Crippen LogP contribution in [0.2, 0.25) is 0 Å². The molecule has 4 fully saturated rings. The zero-order valence-corrected chi connectivity index (χ0v) is 21.6. The number of hydrogen-bond acceptors (Lipinski definition) is 3. The van der Waals surface area contributed by atoms with Crippen molar-refractivity contribution < 1.29 is 19.0 Å². The molecule has 3 unspecified atom stereocenters. The molecule has 34 heavy (non-hydrogen) atoms. The first-order chi connectivity index (χ1) is 15.9. The van der Waals surface area contributed by atoms with Crippen molar-refractivity contribution in [3.05, 3.63) is 35.5 Å². The number of nitrogens with zero attached hydrogens (tertiary/aromatic N) is 1. The summed E-state index contributed by atoms with van der Waals surface area (Å²) < 4.78 is 27.6. The standard InChI is InChI=1S/C29H45F2NO2/c1-18(16-32-14-12-23(17-32)29(5,30)31)24-10-11-25-21(7-6-13-28(24,25)4)8-9-22-15-26(33)20(3)27(34)19(22)2/h8-9,18,20,23-27,33-34H,2,6-7,10-17H2,1,3-5H3/b21-8+,22-9-/t18-,20?,23+,24-,25+,26?,27?,28-/m1/s1. The normalized spacial score (nSPS) is 43.0. The van der Waals surface area contributed by atoms with Crippen LogP contribution in [0.15, 0.2) is 35.5 Å². The maximum absolute atomic E-state index is 13.8. The lowest BCUT2D eigenvalue weighted by molar-refractivity contribution is -0.0360. The van der Waals surface area contributed by atoms with Crippen LogP contribution in [-0.2, 0) is 0 Å². The van der Waals surface area contributed by atoms with E-state index in [1.54, 1.807) is 0 Å². The average Bonchev–Trinajstić information content (AvgIpc) is 3.38. The van der Waals surface area contributed by atoms with E-state index in [1.807, 2.05) is 6.92 Å². The highest BCUT2D eigenvalue weighted by molar-refractivity contribution is 5.39. The Balaban J connectivity index is 1.44. The molecule has 0 amide bonds. The fourth-order valence-corrected chi connectivity index (χ4v) is 7.80. The molecule has 0 aromatic rings. The average molecular weight is 478 g/mol. The summed E-state index contributed by atoms with van der Waals surface area (Å²) in [4.78, 5) is 2.28. The van der Waals surface area contributed by atoms with Crippen molar-refractivity contribution in [2.75, 3.05) is 19.6 Å². The quantitative estimate of drug-likeness (QED) is 0.511. The Morgan fingerprint density at radius 1 is 1.24 bits per heavy atom. The molecule has 3 nitrogen and oxygen atoms in total. The second-order valence-electron chi connectivity index (χ2n) is 12.3. The fraction of sp³-hybridized carbons (Fsp3) is 0.793. The van der Waals surface area contributed by atoms with Gasteiger partial charge in [0.1, 0.15) is 0 Å². The summed E-state index contributed by atoms with van der Waals surface area (Å²) in [7, 11) is 0. The van der Waals surface area contributed by atoms with Crippen LogP contribution in [0.4, 0.5) is 8.78 Å². The Morgan fingerprint density at radius 2 is 1.97 bits per heavy atom. The van der Waals surface area contributed by atoms with Crippen molar-refractivity contribution in [3.8, 4) is 0 Å². The second kappa shape index (κ2) is 9.78. The molecule has 4 aliphatic rings. The lowest BCUT2D eigenvalue weighted by Crippen LogP contribution is -2.40. The fourth-order valence-electron chi connectivity index (χ4n) is 7.80. The van der Waals surface area contributed by atoms with E-state index in [0.29, 0.717) is 37.1 Å². The van der Waals surface area contributed by atoms with Crippen molar-refractivity contribution in [2.45, 2.75) is 90.8 Å². The van der Waals surface area contributed by atoms with Crippen LogP contribution in [0, 0.1) is 35.0 Å². The third kappa shape index (κ3) is 4.95. The van der Waals surface area contributed by atoms with Crippen molar-refractivity contribution in [3.63, 3.8) is 0 Å². The molecule has 0 aromatic carbocycles. The topological polar surface area (TPSA) is 43.7 Å². The molecule has 0 spiro atoms. The molecule has 1 saturated heterocycles. The Bertz CT molecular complexity index is 830. The number of halogens is 2. The van der Waals surface area contributed by atoms with Gasteiger partial charge < -0.3 is 15.1 Å². The van der Waals surface area contributed by atoms with Crippen molar-refractivity contribution in [2.24, 2.45) is 35.0 Å². The smallest absolute Gasteiger partial charge is 0.249 e. The monoisotopic (exact) mass is 477 g/mol. The highest BCUT2D eigenvalue weighted by atomic mass is 19.3. The third-order valence-electron chi connectivity index (χ3n) is 10.1. The molecule has 0 radical (unpaired) electrons. The molecule has 1 aliphatic heterocycles. The zero-order chi connectivity index (χ0) is 24.8. The minimum Gasteiger partial charge on any atom is -0.392 e. The first-order valence-electron chi connectivity index (χ1n) is 13.5. The number of rotatable bonds is 5. The summed E-state index contributed by atoms with van der Waals surface area (Å²) in [6.45, 7) is 14.1. The number of allylic oxidation sites excluding steroid dienone is 3. The predicted octanol–water partition coefficient (Wildman–Crippen LogP) is 5.99. The lowest BCUT2D eigenvalue weighted by atomic mass is 9.61. The number of aliphatic hydroxyl groups excluding tert-OH is 2. The van der Waals surface area contributed by atoms with Crippen molar-refractivity contribution in [1.29, 1.82) is 0 Å². The van der Waals surface area contributed by atoms with E-state index in [2.05, 4.69) is 37.5 Å². The summed E-state index contributed by atoms with van der Waals surface area (Å²) in [6.07, 6.45) is 10.2. The van der Waals surface area contributed by atoms with Crippen LogP contribution in [0.1, 0.15) is 72.6 Å². The van der Waals surface area contributed by atoms with Crippen LogP contribution in [0.5, 0.6) is 0 Å². The minimum atomic E-state index is -2.58. The molecule has 4 rings (SSSR count). The van der Waals surface area contributed by atoms with Gasteiger partial charge in [-0.05, 0) is 92.7 Å². The molecule has 3 aliphatic carbocycles. The summed E-state index contributed by atoms with van der Waals surface area (Å²) in [5, 5.41) is 20.8. The number of alkyl halides is 2. The summed E-state index contributed by atoms with van der Waals surface area (Å²) in [6, 6.07) is 0. The minimum absolute atomic E-state index is 0.179. The highest BCUT2D eigenvalue weighted by Crippen LogP contribution is 2.59. The van der Waals surface area contributed by atoms with Gasteiger partial charge in [-0.25, -0.2) is 8.78 Å². The Kier molecular flexibility index (Phi) is 7.49. The van der Waals surface area contributed by atoms with E-state index in [9.17, 15) is 19.0 Å². The maximum atomic E-state index is 13.8. The molecule has 192 valence electrons. The summed E-state index contributed by atoms with van der Waals surface area (Å²) >= 11 is 0. The highest BCUT2D eigenvalue weighted by Gasteiger charge is 2.51. The SMILES string of the molecule is C=C1/C(=C\C=C2/CCC[C@]3(C)[C@@H]([C@H](C)CN4CC[C@H](C(C)(F)F)C4)CC[C@@H]23)CC(O)C(C)C1O. The summed E-state index contributed by atoms with van der Waals surface area (Å²) in [5.74, 6) is -1.58. The molecule has 8 atom stereocenters. The van der Waals surface area contributed by atoms with Gasteiger partial charge in [0, 0.05) is 24.9 Å². The number of aliphatic hydroxyl groups is 2. The number of hydrogen-bond donors (Lipinski definition) is 2. The lowest BCUT2D eigenvalue weighted by Gasteiger charge is -2.45. The molecular weight excluding hydrogens is 432 g/mol. The molecular formula is C29H45F2NO2. The van der Waals surface area contributed by atoms with Crippen molar-refractivity contribution >= 4 is 0 Å². The van der Waals surface area contributed by atoms with Gasteiger partial charge >= 0.3 is 0 Å². The zero-order valence-electron chi connectivity index (χ0n) is 21.6. The van der Waals surface area contributed by atoms with E-state index in [0.717, 1.165) is 37.6 Å². The first kappa shape index (κ1) is 26.0. The van der Waals surface area contributed by atoms with Crippen LogP contribution in [0.25, 0.3) is 0 Å². The van der Waals surface area contributed by atoms with Gasteiger partial charge in [-0.3, -0.25) is 0 Å². The van der Waals surface area contributed by atoms with E-state index in [-0.39, 0.29) is 11.3 Å². The first-order valence-corrected chi connectivity index (χ1v) is 13.5. The molecule has 1 heterocycles. The van der Waals surface area contributed by atoms with Gasteiger partial charge in [0.05, 0.1) is 12.2 Å². The Morgan fingerprint density at radius 3 is 2.65 bits per heavy atom. The van der Waals surface area contributed by atoms with Crippen molar-refractivity contribution in [1.82, 2.24) is 4.90 Å². The van der Waals surface area contributed by atoms with Gasteiger partial charge in [-0.2, -0.15) is 0 Å². The Labute approximate surface area is 205 Å². The van der Waals surface area contributed by atoms with Gasteiger partial charge in [-0.15, -0.1) is 0 Å². The van der Waals surface area contributed by atoms with Crippen LogP contribution >= 0.6 is 0 Å². The van der Waals surface area contributed by atoms with E-state index in [4.69, 9.17) is 0 Å². The van der Waals surface area contributed by atoms with Crippen LogP contribution < -0.4 is 0 Å². The maximum Gasteiger partial charge on any atom is 0.249 e. The van der Waals surface area contributed by atoms with Gasteiger partial charge in [-0.1, -0.05) is 45.1 Å². The van der Waals surface area contributed by atoms with E-state index >= 15 is 0 Å². The molecule has 5 heteroatoms. The molecule has 2 N–H and O–H groups in total. The third-order valence-corrected chi connectivity index (χ3v) is 10.1. The number of fused-ring (bicyclic) bond motifs is 1. The van der Waals surface area contributed by atoms with Gasteiger partial charge in [0.25, 0.3) is 0 Å². The predicted molar refractivity (Wildman–Crippen MR) is 134 cm³/mol. The van der Waals surface area contributed by atoms with E-state index in [1.165, 1.54) is 31.3 Å². The van der Waals surface area contributed by atoms with Gasteiger partial charge in [0.15, 0.2) is 0 Å².